The lowest BCUT2D eigenvalue weighted by Gasteiger charge is -2.10. The van der Waals surface area contributed by atoms with Crippen molar-refractivity contribution in [1.82, 2.24) is 14.9 Å². The molecule has 2 N–H and O–H groups in total. The molecule has 3 aromatic rings. The maximum atomic E-state index is 12.8. The number of carbonyl (C=O) groups is 2. The Morgan fingerprint density at radius 3 is 2.70 bits per heavy atom. The Hall–Kier alpha value is -3.41. The van der Waals surface area contributed by atoms with Gasteiger partial charge in [-0.05, 0) is 18.2 Å². The van der Waals surface area contributed by atoms with Crippen LogP contribution in [-0.2, 0) is 28.9 Å². The lowest BCUT2D eigenvalue weighted by molar-refractivity contribution is -0.138. The van der Waals surface area contributed by atoms with Crippen molar-refractivity contribution in [3.63, 3.8) is 0 Å². The summed E-state index contributed by atoms with van der Waals surface area (Å²) in [5.41, 5.74) is -1.33. The zero-order valence-corrected chi connectivity index (χ0v) is 16.3. The summed E-state index contributed by atoms with van der Waals surface area (Å²) in [6.45, 7) is 1.00. The van der Waals surface area contributed by atoms with Crippen molar-refractivity contribution in [1.29, 1.82) is 0 Å². The fraction of sp³-hybridized carbons (Fsp3) is 0.222. The van der Waals surface area contributed by atoms with Gasteiger partial charge in [0.2, 0.25) is 11.8 Å². The first-order valence-corrected chi connectivity index (χ1v) is 9.36. The monoisotopic (exact) mass is 440 g/mol. The van der Waals surface area contributed by atoms with Gasteiger partial charge in [-0.3, -0.25) is 14.4 Å². The van der Waals surface area contributed by atoms with Crippen molar-refractivity contribution in [3.05, 3.63) is 57.5 Å². The minimum absolute atomic E-state index is 0.190. The van der Waals surface area contributed by atoms with Crippen LogP contribution in [0.25, 0.3) is 11.5 Å². The number of anilines is 1. The van der Waals surface area contributed by atoms with Crippen LogP contribution in [0.3, 0.4) is 0 Å². The summed E-state index contributed by atoms with van der Waals surface area (Å²) < 4.78 is 44.6. The molecule has 3 rings (SSSR count). The quantitative estimate of drug-likeness (QED) is 0.613. The van der Waals surface area contributed by atoms with Crippen LogP contribution in [-0.4, -0.2) is 21.4 Å². The van der Waals surface area contributed by atoms with Crippen molar-refractivity contribution in [2.24, 2.45) is 0 Å². The van der Waals surface area contributed by atoms with E-state index in [1.165, 1.54) is 6.92 Å². The fourth-order valence-electron chi connectivity index (χ4n) is 2.40. The van der Waals surface area contributed by atoms with E-state index in [1.807, 2.05) is 0 Å². The smallest absolute Gasteiger partial charge is 0.417 e. The molecule has 0 aromatic carbocycles. The van der Waals surface area contributed by atoms with E-state index in [0.29, 0.717) is 34.0 Å². The molecule has 0 aliphatic carbocycles. The predicted molar refractivity (Wildman–Crippen MR) is 102 cm³/mol. The molecule has 0 saturated heterocycles. The van der Waals surface area contributed by atoms with Gasteiger partial charge in [0.25, 0.3) is 5.56 Å². The number of thiazole rings is 1. The summed E-state index contributed by atoms with van der Waals surface area (Å²) in [5, 5.41) is 6.84. The van der Waals surface area contributed by atoms with Crippen molar-refractivity contribution in [2.45, 2.75) is 26.2 Å². The summed E-state index contributed by atoms with van der Waals surface area (Å²) in [4.78, 5) is 39.0. The second-order valence-electron chi connectivity index (χ2n) is 6.14. The molecule has 12 heteroatoms. The van der Waals surface area contributed by atoms with Gasteiger partial charge in [0.15, 0.2) is 10.9 Å². The molecule has 0 fully saturated rings. The average Bonchev–Trinajstić information content (AvgIpc) is 3.30. The number of nitrogens with zero attached hydrogens (tertiary/aromatic N) is 2. The molecule has 0 saturated carbocycles. The lowest BCUT2D eigenvalue weighted by Crippen LogP contribution is -2.28. The van der Waals surface area contributed by atoms with E-state index in [1.54, 1.807) is 17.5 Å². The highest BCUT2D eigenvalue weighted by molar-refractivity contribution is 7.14. The second-order valence-corrected chi connectivity index (χ2v) is 7.00. The van der Waals surface area contributed by atoms with Crippen LogP contribution < -0.4 is 16.2 Å². The summed E-state index contributed by atoms with van der Waals surface area (Å²) in [7, 11) is 0. The number of hydrogen-bond donors (Lipinski definition) is 2. The zero-order valence-electron chi connectivity index (χ0n) is 15.4. The molecule has 0 radical (unpaired) electrons. The fourth-order valence-corrected chi connectivity index (χ4v) is 3.12. The number of hydrogen-bond acceptors (Lipinski definition) is 6. The summed E-state index contributed by atoms with van der Waals surface area (Å²) >= 11 is 1.08. The Morgan fingerprint density at radius 1 is 1.23 bits per heavy atom. The van der Waals surface area contributed by atoms with Crippen LogP contribution in [0.1, 0.15) is 18.2 Å². The van der Waals surface area contributed by atoms with Crippen LogP contribution in [0.15, 0.2) is 45.1 Å². The number of carbonyl (C=O) groups excluding carboxylic acids is 2. The Morgan fingerprint density at radius 2 is 2.00 bits per heavy atom. The molecule has 30 heavy (non-hydrogen) atoms. The molecule has 158 valence electrons. The molecular weight excluding hydrogens is 425 g/mol. The molecule has 0 unspecified atom stereocenters. The number of alkyl halides is 3. The Balaban J connectivity index is 1.66. The molecule has 3 aromatic heterocycles. The Kier molecular flexibility index (Phi) is 6.06. The molecule has 8 nitrogen and oxygen atoms in total. The van der Waals surface area contributed by atoms with E-state index >= 15 is 0 Å². The molecular formula is C18H15F3N4O4S. The number of furan rings is 1. The van der Waals surface area contributed by atoms with Gasteiger partial charge in [-0.2, -0.15) is 13.2 Å². The SMILES string of the molecule is CC(=O)NCc1ccc(-c2csc(NC(=O)Cn3cc(C(F)(F)F)ccc3=O)n2)o1. The van der Waals surface area contributed by atoms with Gasteiger partial charge in [-0.25, -0.2) is 4.98 Å². The highest BCUT2D eigenvalue weighted by atomic mass is 32.1. The summed E-state index contributed by atoms with van der Waals surface area (Å²) in [6, 6.07) is 4.74. The van der Waals surface area contributed by atoms with Gasteiger partial charge in [0.1, 0.15) is 18.0 Å². The van der Waals surface area contributed by atoms with Crippen LogP contribution in [0.5, 0.6) is 0 Å². The zero-order chi connectivity index (χ0) is 21.9. The van der Waals surface area contributed by atoms with Crippen molar-refractivity contribution in [2.75, 3.05) is 5.32 Å². The van der Waals surface area contributed by atoms with E-state index in [0.717, 1.165) is 17.4 Å². The predicted octanol–water partition coefficient (Wildman–Crippen LogP) is 2.86. The Bertz CT molecular complexity index is 1130. The van der Waals surface area contributed by atoms with Crippen LogP contribution in [0.4, 0.5) is 18.3 Å². The second kappa shape index (κ2) is 8.53. The van der Waals surface area contributed by atoms with Crippen LogP contribution in [0, 0.1) is 0 Å². The number of halogens is 3. The van der Waals surface area contributed by atoms with Gasteiger partial charge in [-0.1, -0.05) is 0 Å². The summed E-state index contributed by atoms with van der Waals surface area (Å²) in [5.74, 6) is 0.0264. The highest BCUT2D eigenvalue weighted by Gasteiger charge is 2.31. The maximum Gasteiger partial charge on any atom is 0.417 e. The van der Waals surface area contributed by atoms with Crippen LogP contribution in [0.2, 0.25) is 0 Å². The lowest BCUT2D eigenvalue weighted by atomic mass is 10.3. The topological polar surface area (TPSA) is 106 Å². The highest BCUT2D eigenvalue weighted by Crippen LogP contribution is 2.28. The minimum atomic E-state index is -4.63. The maximum absolute atomic E-state index is 12.8. The molecule has 2 amide bonds. The third kappa shape index (κ3) is 5.35. The van der Waals surface area contributed by atoms with E-state index in [9.17, 15) is 27.6 Å². The van der Waals surface area contributed by atoms with Gasteiger partial charge in [0.05, 0.1) is 12.1 Å². The van der Waals surface area contributed by atoms with Gasteiger partial charge >= 0.3 is 6.18 Å². The normalized spacial score (nSPS) is 11.3. The van der Waals surface area contributed by atoms with Gasteiger partial charge in [0, 0.05) is 24.6 Å². The standard InChI is InChI=1S/C18H15F3N4O4S/c1-10(26)22-6-12-3-4-14(29-12)13-9-30-17(23-13)24-15(27)8-25-7-11(18(19,20)21)2-5-16(25)28/h2-5,7,9H,6,8H2,1H3,(H,22,26)(H,23,24,27). The molecule has 0 bridgehead atoms. The number of aromatic nitrogens is 2. The van der Waals surface area contributed by atoms with E-state index < -0.39 is 29.8 Å². The molecule has 3 heterocycles. The number of pyridine rings is 1. The van der Waals surface area contributed by atoms with Crippen molar-refractivity contribution >= 4 is 28.3 Å². The van der Waals surface area contributed by atoms with Crippen molar-refractivity contribution < 1.29 is 27.2 Å². The first kappa shape index (κ1) is 21.3. The van der Waals surface area contributed by atoms with E-state index in [4.69, 9.17) is 4.42 Å². The molecule has 0 spiro atoms. The molecule has 0 atom stereocenters. The molecule has 0 aliphatic heterocycles. The average molecular weight is 440 g/mol. The minimum Gasteiger partial charge on any atom is -0.458 e. The number of amides is 2. The first-order chi connectivity index (χ1) is 14.1. The van der Waals surface area contributed by atoms with Gasteiger partial charge in [-0.15, -0.1) is 11.3 Å². The van der Waals surface area contributed by atoms with E-state index in [-0.39, 0.29) is 17.6 Å². The van der Waals surface area contributed by atoms with Crippen LogP contribution >= 0.6 is 11.3 Å². The number of nitrogens with one attached hydrogen (secondary N) is 2. The first-order valence-electron chi connectivity index (χ1n) is 8.48. The van der Waals surface area contributed by atoms with Gasteiger partial charge < -0.3 is 19.6 Å². The Labute approximate surface area is 171 Å². The number of rotatable bonds is 6. The third-order valence-electron chi connectivity index (χ3n) is 3.80. The van der Waals surface area contributed by atoms with Crippen molar-refractivity contribution in [3.8, 4) is 11.5 Å². The molecule has 0 aliphatic rings. The van der Waals surface area contributed by atoms with E-state index in [2.05, 4.69) is 15.6 Å². The largest absolute Gasteiger partial charge is 0.458 e. The summed E-state index contributed by atoms with van der Waals surface area (Å²) in [6.07, 6.45) is -4.04. The third-order valence-corrected chi connectivity index (χ3v) is 4.56.